The third kappa shape index (κ3) is 5.15. The summed E-state index contributed by atoms with van der Waals surface area (Å²) in [5.74, 6) is 0.185. The van der Waals surface area contributed by atoms with Gasteiger partial charge in [0.25, 0.3) is 0 Å². The zero-order valence-electron chi connectivity index (χ0n) is 29.3. The highest BCUT2D eigenvalue weighted by Crippen LogP contribution is 2.38. The highest BCUT2D eigenvalue weighted by Gasteiger charge is 2.19. The number of methoxy groups -OCH3 is 1. The van der Waals surface area contributed by atoms with Crippen LogP contribution in [0.2, 0.25) is 0 Å². The molecule has 0 aliphatic carbocycles. The maximum absolute atomic E-state index is 12.2. The Morgan fingerprint density at radius 3 is 1.67 bits per heavy atom. The fourth-order valence-corrected chi connectivity index (χ4v) is 7.71. The van der Waals surface area contributed by atoms with Crippen molar-refractivity contribution in [2.75, 3.05) is 7.11 Å². The first-order chi connectivity index (χ1) is 26.6. The summed E-state index contributed by atoms with van der Waals surface area (Å²) < 4.78 is 9.45. The van der Waals surface area contributed by atoms with Crippen LogP contribution in [0.5, 0.6) is 0 Å². The number of hydrogen-bond acceptors (Lipinski definition) is 4. The number of para-hydroxylation sites is 3. The van der Waals surface area contributed by atoms with Gasteiger partial charge in [-0.25, -0.2) is 14.8 Å². The maximum Gasteiger partial charge on any atom is 0.337 e. The van der Waals surface area contributed by atoms with Gasteiger partial charge in [0.2, 0.25) is 5.95 Å². The highest BCUT2D eigenvalue weighted by atomic mass is 16.5. The van der Waals surface area contributed by atoms with Gasteiger partial charge < -0.3 is 9.30 Å². The largest absolute Gasteiger partial charge is 0.465 e. The first kappa shape index (κ1) is 31.4. The zero-order valence-corrected chi connectivity index (χ0v) is 29.3. The molecule has 10 rings (SSSR count). The topological polar surface area (TPSA) is 61.9 Å². The van der Waals surface area contributed by atoms with Crippen molar-refractivity contribution in [3.8, 4) is 45.3 Å². The molecule has 0 spiro atoms. The van der Waals surface area contributed by atoms with Gasteiger partial charge in [0, 0.05) is 38.4 Å². The Balaban J connectivity index is 1.18. The summed E-state index contributed by atoms with van der Waals surface area (Å²) in [4.78, 5) is 22.6. The number of carbonyl (C=O) groups is 1. The van der Waals surface area contributed by atoms with Crippen molar-refractivity contribution in [2.24, 2.45) is 0 Å². The van der Waals surface area contributed by atoms with Crippen molar-refractivity contribution >= 4 is 49.6 Å². The molecule has 0 unspecified atom stereocenters. The second kappa shape index (κ2) is 12.7. The Labute approximate surface area is 311 Å². The first-order valence-electron chi connectivity index (χ1n) is 17.9. The van der Waals surface area contributed by atoms with Gasteiger partial charge in [-0.3, -0.25) is 4.57 Å². The van der Waals surface area contributed by atoms with Gasteiger partial charge in [0.15, 0.2) is 0 Å². The minimum absolute atomic E-state index is 0.378. The van der Waals surface area contributed by atoms with Gasteiger partial charge in [-0.05, 0) is 71.8 Å². The van der Waals surface area contributed by atoms with E-state index in [4.69, 9.17) is 14.7 Å². The lowest BCUT2D eigenvalue weighted by molar-refractivity contribution is 0.0600. The van der Waals surface area contributed by atoms with Crippen molar-refractivity contribution < 1.29 is 9.53 Å². The number of ether oxygens (including phenoxy) is 1. The molecule has 0 aliphatic rings. The van der Waals surface area contributed by atoms with Crippen LogP contribution in [0.4, 0.5) is 0 Å². The Bertz CT molecular complexity index is 3040. The van der Waals surface area contributed by atoms with Crippen LogP contribution >= 0.6 is 0 Å². The summed E-state index contributed by atoms with van der Waals surface area (Å²) in [6.45, 7) is 0. The molecule has 0 fully saturated rings. The number of rotatable bonds is 6. The minimum Gasteiger partial charge on any atom is -0.465 e. The Morgan fingerprint density at radius 1 is 0.444 bits per heavy atom. The number of esters is 1. The normalized spacial score (nSPS) is 11.5. The van der Waals surface area contributed by atoms with Crippen molar-refractivity contribution in [1.82, 2.24) is 19.1 Å². The van der Waals surface area contributed by atoms with E-state index < -0.39 is 0 Å². The highest BCUT2D eigenvalue weighted by molar-refractivity contribution is 6.12. The summed E-state index contributed by atoms with van der Waals surface area (Å²) in [6, 6.07) is 60.5. The monoisotopic (exact) mass is 696 g/mol. The summed E-state index contributed by atoms with van der Waals surface area (Å²) in [6.07, 6.45) is 0. The van der Waals surface area contributed by atoms with E-state index in [1.165, 1.54) is 28.9 Å². The van der Waals surface area contributed by atoms with E-state index >= 15 is 0 Å². The van der Waals surface area contributed by atoms with E-state index in [-0.39, 0.29) is 5.97 Å². The third-order valence-corrected chi connectivity index (χ3v) is 10.3. The summed E-state index contributed by atoms with van der Waals surface area (Å²) in [5.41, 5.74) is 11.6. The molecule has 6 nitrogen and oxygen atoms in total. The molecule has 3 heterocycles. The molecule has 6 heteroatoms. The molecular weight excluding hydrogens is 665 g/mol. The van der Waals surface area contributed by atoms with Gasteiger partial charge in [0.05, 0.1) is 46.1 Å². The van der Waals surface area contributed by atoms with E-state index in [0.717, 1.165) is 61.1 Å². The second-order valence-corrected chi connectivity index (χ2v) is 13.4. The van der Waals surface area contributed by atoms with Crippen LogP contribution in [-0.4, -0.2) is 32.2 Å². The maximum atomic E-state index is 12.2. The molecule has 7 aromatic carbocycles. The van der Waals surface area contributed by atoms with Crippen LogP contribution in [0.25, 0.3) is 88.9 Å². The molecule has 54 heavy (non-hydrogen) atoms. The Hall–Kier alpha value is -7.31. The average molecular weight is 697 g/mol. The molecule has 10 aromatic rings. The Morgan fingerprint density at radius 2 is 0.963 bits per heavy atom. The summed E-state index contributed by atoms with van der Waals surface area (Å²) >= 11 is 0. The van der Waals surface area contributed by atoms with Crippen molar-refractivity contribution in [3.63, 3.8) is 0 Å². The molecule has 0 radical (unpaired) electrons. The molecule has 256 valence electrons. The van der Waals surface area contributed by atoms with Gasteiger partial charge in [0.1, 0.15) is 0 Å². The fourth-order valence-electron chi connectivity index (χ4n) is 7.71. The number of hydrogen-bond donors (Lipinski definition) is 0. The standard InChI is InChI=1S/C48H32N4O2/c1-54-47(53)33-22-20-32(21-23-33)42-30-41(31-12-4-2-5-13-31)49-48(50-42)52-44-19-11-8-16-37(44)39-26-24-35(29-46(39)52)34-25-27-45-40(28-34)38-17-9-10-18-43(38)51(45)36-14-6-3-7-15-36/h2-30H,1H3. The van der Waals surface area contributed by atoms with E-state index in [1.807, 2.05) is 36.4 Å². The number of fused-ring (bicyclic) bond motifs is 6. The summed E-state index contributed by atoms with van der Waals surface area (Å²) in [7, 11) is 1.39. The number of aromatic nitrogens is 4. The molecule has 0 aliphatic heterocycles. The van der Waals surface area contributed by atoms with E-state index in [1.54, 1.807) is 12.1 Å². The van der Waals surface area contributed by atoms with Gasteiger partial charge in [-0.15, -0.1) is 0 Å². The van der Waals surface area contributed by atoms with Crippen molar-refractivity contribution in [1.29, 1.82) is 0 Å². The van der Waals surface area contributed by atoms with Crippen LogP contribution in [0.3, 0.4) is 0 Å². The lowest BCUT2D eigenvalue weighted by atomic mass is 10.0. The van der Waals surface area contributed by atoms with Crippen LogP contribution in [-0.2, 0) is 4.74 Å². The van der Waals surface area contributed by atoms with Crippen molar-refractivity contribution in [3.05, 3.63) is 181 Å². The Kier molecular flexibility index (Phi) is 7.40. The molecule has 0 atom stereocenters. The molecule has 0 bridgehead atoms. The quantitative estimate of drug-likeness (QED) is 0.162. The van der Waals surface area contributed by atoms with Gasteiger partial charge in [-0.2, -0.15) is 0 Å². The lowest BCUT2D eigenvalue weighted by Gasteiger charge is -2.12. The molecule has 0 saturated heterocycles. The molecule has 0 amide bonds. The third-order valence-electron chi connectivity index (χ3n) is 10.3. The van der Waals surface area contributed by atoms with Gasteiger partial charge >= 0.3 is 5.97 Å². The van der Waals surface area contributed by atoms with Crippen LogP contribution in [0.1, 0.15) is 10.4 Å². The number of carbonyl (C=O) groups excluding carboxylic acids is 1. The predicted octanol–water partition coefficient (Wildman–Crippen LogP) is 11.5. The zero-order chi connectivity index (χ0) is 36.2. The SMILES string of the molecule is COC(=O)c1ccc(-c2cc(-c3ccccc3)nc(-n3c4ccccc4c4ccc(-c5ccc6c(c5)c5ccccc5n6-c5ccccc5)cc43)n2)cc1. The molecule has 3 aromatic heterocycles. The smallest absolute Gasteiger partial charge is 0.337 e. The van der Waals surface area contributed by atoms with Crippen molar-refractivity contribution in [2.45, 2.75) is 0 Å². The van der Waals surface area contributed by atoms with E-state index in [9.17, 15) is 4.79 Å². The molecular formula is C48H32N4O2. The van der Waals surface area contributed by atoms with E-state index in [0.29, 0.717) is 11.5 Å². The van der Waals surface area contributed by atoms with Crippen LogP contribution in [0, 0.1) is 0 Å². The van der Waals surface area contributed by atoms with Crippen LogP contribution < -0.4 is 0 Å². The average Bonchev–Trinajstić information content (AvgIpc) is 3.76. The predicted molar refractivity (Wildman–Crippen MR) is 218 cm³/mol. The molecule has 0 saturated carbocycles. The van der Waals surface area contributed by atoms with E-state index in [2.05, 4.69) is 137 Å². The lowest BCUT2D eigenvalue weighted by Crippen LogP contribution is -2.04. The second-order valence-electron chi connectivity index (χ2n) is 13.4. The number of nitrogens with zero attached hydrogens (tertiary/aromatic N) is 4. The molecule has 0 N–H and O–H groups in total. The number of benzene rings is 7. The van der Waals surface area contributed by atoms with Crippen LogP contribution in [0.15, 0.2) is 176 Å². The summed E-state index contributed by atoms with van der Waals surface area (Å²) in [5, 5.41) is 4.66. The van der Waals surface area contributed by atoms with Gasteiger partial charge in [-0.1, -0.05) is 115 Å². The first-order valence-corrected chi connectivity index (χ1v) is 17.9. The minimum atomic E-state index is -0.378. The fraction of sp³-hybridized carbons (Fsp3) is 0.0208.